The Kier molecular flexibility index (Phi) is 6.42. The number of cyclic esters (lactones) is 1. The zero-order valence-electron chi connectivity index (χ0n) is 16.8. The molecule has 1 heterocycles. The minimum atomic E-state index is -1.00. The molecule has 2 aromatic rings. The van der Waals surface area contributed by atoms with Gasteiger partial charge in [0.05, 0.1) is 6.04 Å². The fourth-order valence-corrected chi connectivity index (χ4v) is 3.68. The Morgan fingerprint density at radius 1 is 1.14 bits per heavy atom. The van der Waals surface area contributed by atoms with E-state index in [0.717, 1.165) is 24.8 Å². The monoisotopic (exact) mass is 397 g/mol. The molecule has 0 aliphatic carbocycles. The Morgan fingerprint density at radius 2 is 1.86 bits per heavy atom. The van der Waals surface area contributed by atoms with Crippen LogP contribution in [0.2, 0.25) is 0 Å². The molecule has 0 bridgehead atoms. The summed E-state index contributed by atoms with van der Waals surface area (Å²) < 4.78 is 10.9. The molecule has 1 fully saturated rings. The van der Waals surface area contributed by atoms with Crippen molar-refractivity contribution in [2.24, 2.45) is 0 Å². The van der Waals surface area contributed by atoms with Gasteiger partial charge in [0.15, 0.2) is 6.61 Å². The van der Waals surface area contributed by atoms with Crippen molar-refractivity contribution in [3.8, 4) is 5.75 Å². The fraction of sp³-hybridized carbons (Fsp3) is 0.391. The number of aliphatic carboxylic acids is 1. The lowest BCUT2D eigenvalue weighted by atomic mass is 9.92. The maximum Gasteiger partial charge on any atom is 0.410 e. The lowest BCUT2D eigenvalue weighted by Gasteiger charge is -2.29. The molecule has 0 saturated carbocycles. The molecule has 154 valence electrons. The van der Waals surface area contributed by atoms with E-state index < -0.39 is 11.6 Å². The summed E-state index contributed by atoms with van der Waals surface area (Å²) in [5, 5.41) is 8.73. The number of hydrogen-bond donors (Lipinski definition) is 1. The van der Waals surface area contributed by atoms with E-state index in [1.165, 1.54) is 5.56 Å². The number of carboxylic acid groups (broad SMARTS) is 1. The summed E-state index contributed by atoms with van der Waals surface area (Å²) in [6.07, 6.45) is 2.01. The smallest absolute Gasteiger partial charge is 0.410 e. The van der Waals surface area contributed by atoms with Crippen LogP contribution >= 0.6 is 0 Å². The van der Waals surface area contributed by atoms with Crippen molar-refractivity contribution in [1.29, 1.82) is 0 Å². The highest BCUT2D eigenvalue weighted by Crippen LogP contribution is 2.32. The predicted molar refractivity (Wildman–Crippen MR) is 109 cm³/mol. The highest BCUT2D eigenvalue weighted by atomic mass is 16.6. The Hall–Kier alpha value is -3.02. The zero-order chi connectivity index (χ0) is 20.9. The largest absolute Gasteiger partial charge is 0.482 e. The van der Waals surface area contributed by atoms with Gasteiger partial charge in [0, 0.05) is 6.54 Å². The van der Waals surface area contributed by atoms with Gasteiger partial charge in [0.25, 0.3) is 0 Å². The predicted octanol–water partition coefficient (Wildman–Crippen LogP) is 3.92. The SMILES string of the molecule is CC1(C)OC(=O)N(CCCc2cccc(OCC(=O)O)c2)[C@H]1Cc1ccccc1. The van der Waals surface area contributed by atoms with Crippen molar-refractivity contribution >= 4 is 12.1 Å². The number of carboxylic acids is 1. The number of rotatable bonds is 9. The van der Waals surface area contributed by atoms with E-state index in [4.69, 9.17) is 14.6 Å². The third-order valence-electron chi connectivity index (χ3n) is 5.16. The van der Waals surface area contributed by atoms with E-state index >= 15 is 0 Å². The number of ether oxygens (including phenoxy) is 2. The minimum absolute atomic E-state index is 0.0253. The lowest BCUT2D eigenvalue weighted by Crippen LogP contribution is -2.43. The standard InChI is InChI=1S/C23H27NO5/c1-23(2)20(15-18-8-4-3-5-9-18)24(22(27)29-23)13-7-11-17-10-6-12-19(14-17)28-16-21(25)26/h3-6,8-10,12,14,20H,7,11,13,15-16H2,1-2H3,(H,25,26)/t20-/m0/s1. The van der Waals surface area contributed by atoms with Crippen LogP contribution in [-0.2, 0) is 22.4 Å². The number of carbonyl (C=O) groups is 2. The van der Waals surface area contributed by atoms with Gasteiger partial charge in [0.2, 0.25) is 0 Å². The molecule has 0 aromatic heterocycles. The van der Waals surface area contributed by atoms with Gasteiger partial charge in [-0.05, 0) is 56.4 Å². The number of amides is 1. The molecule has 3 rings (SSSR count). The van der Waals surface area contributed by atoms with Crippen LogP contribution in [0, 0.1) is 0 Å². The molecule has 1 N–H and O–H groups in total. The Morgan fingerprint density at radius 3 is 2.59 bits per heavy atom. The molecule has 0 unspecified atom stereocenters. The van der Waals surface area contributed by atoms with Crippen molar-refractivity contribution in [1.82, 2.24) is 4.90 Å². The van der Waals surface area contributed by atoms with E-state index in [2.05, 4.69) is 12.1 Å². The molecule has 1 atom stereocenters. The van der Waals surface area contributed by atoms with Crippen molar-refractivity contribution < 1.29 is 24.2 Å². The molecule has 2 aromatic carbocycles. The topological polar surface area (TPSA) is 76.1 Å². The number of aryl methyl sites for hydroxylation is 1. The fourth-order valence-electron chi connectivity index (χ4n) is 3.68. The van der Waals surface area contributed by atoms with Crippen LogP contribution in [-0.4, -0.2) is 46.9 Å². The number of nitrogens with zero attached hydrogens (tertiary/aromatic N) is 1. The lowest BCUT2D eigenvalue weighted by molar-refractivity contribution is -0.139. The first-order valence-corrected chi connectivity index (χ1v) is 9.82. The molecule has 1 aliphatic rings. The third-order valence-corrected chi connectivity index (χ3v) is 5.16. The van der Waals surface area contributed by atoms with Crippen LogP contribution in [0.4, 0.5) is 4.79 Å². The minimum Gasteiger partial charge on any atom is -0.482 e. The first-order chi connectivity index (χ1) is 13.8. The van der Waals surface area contributed by atoms with E-state index in [0.29, 0.717) is 12.3 Å². The second-order valence-corrected chi connectivity index (χ2v) is 7.80. The van der Waals surface area contributed by atoms with Gasteiger partial charge in [-0.25, -0.2) is 9.59 Å². The molecule has 1 amide bonds. The van der Waals surface area contributed by atoms with Crippen LogP contribution in [0.25, 0.3) is 0 Å². The van der Waals surface area contributed by atoms with E-state index in [9.17, 15) is 9.59 Å². The van der Waals surface area contributed by atoms with Gasteiger partial charge < -0.3 is 19.5 Å². The maximum absolute atomic E-state index is 12.5. The summed E-state index contributed by atoms with van der Waals surface area (Å²) in [6, 6.07) is 17.5. The Bertz CT molecular complexity index is 849. The molecule has 6 heteroatoms. The van der Waals surface area contributed by atoms with Crippen molar-refractivity contribution in [3.05, 3.63) is 65.7 Å². The van der Waals surface area contributed by atoms with Gasteiger partial charge in [-0.2, -0.15) is 0 Å². The highest BCUT2D eigenvalue weighted by molar-refractivity contribution is 5.71. The molecule has 29 heavy (non-hydrogen) atoms. The second-order valence-electron chi connectivity index (χ2n) is 7.80. The molecule has 6 nitrogen and oxygen atoms in total. The Balaban J connectivity index is 1.60. The summed E-state index contributed by atoms with van der Waals surface area (Å²) in [7, 11) is 0. The molecule has 1 saturated heterocycles. The highest BCUT2D eigenvalue weighted by Gasteiger charge is 2.47. The van der Waals surface area contributed by atoms with E-state index in [1.807, 2.05) is 55.1 Å². The average molecular weight is 397 g/mol. The summed E-state index contributed by atoms with van der Waals surface area (Å²) in [5.74, 6) is -0.469. The maximum atomic E-state index is 12.5. The van der Waals surface area contributed by atoms with E-state index in [1.54, 1.807) is 6.07 Å². The van der Waals surface area contributed by atoms with Crippen molar-refractivity contribution in [2.45, 2.75) is 44.8 Å². The first-order valence-electron chi connectivity index (χ1n) is 9.82. The summed E-state index contributed by atoms with van der Waals surface area (Å²) >= 11 is 0. The zero-order valence-corrected chi connectivity index (χ0v) is 16.8. The van der Waals surface area contributed by atoms with E-state index in [-0.39, 0.29) is 18.7 Å². The quantitative estimate of drug-likeness (QED) is 0.694. The first kappa shape index (κ1) is 20.7. The second kappa shape index (κ2) is 8.99. The molecular weight excluding hydrogens is 370 g/mol. The summed E-state index contributed by atoms with van der Waals surface area (Å²) in [4.78, 5) is 24.9. The summed E-state index contributed by atoms with van der Waals surface area (Å²) in [5.41, 5.74) is 1.67. The number of carbonyl (C=O) groups excluding carboxylic acids is 1. The molecule has 0 spiro atoms. The summed E-state index contributed by atoms with van der Waals surface area (Å²) in [6.45, 7) is 4.16. The Labute approximate surface area is 171 Å². The van der Waals surface area contributed by atoms with Crippen LogP contribution in [0.3, 0.4) is 0 Å². The van der Waals surface area contributed by atoms with Crippen molar-refractivity contribution in [3.63, 3.8) is 0 Å². The van der Waals surface area contributed by atoms with Gasteiger partial charge in [0.1, 0.15) is 11.4 Å². The van der Waals surface area contributed by atoms with Crippen LogP contribution in [0.1, 0.15) is 31.4 Å². The molecule has 0 radical (unpaired) electrons. The normalized spacial score (nSPS) is 17.8. The number of hydrogen-bond acceptors (Lipinski definition) is 4. The average Bonchev–Trinajstić information content (AvgIpc) is 2.89. The molecule has 1 aliphatic heterocycles. The molecular formula is C23H27NO5. The van der Waals surface area contributed by atoms with Gasteiger partial charge in [-0.3, -0.25) is 0 Å². The van der Waals surface area contributed by atoms with Crippen LogP contribution < -0.4 is 4.74 Å². The van der Waals surface area contributed by atoms with Crippen LogP contribution in [0.5, 0.6) is 5.75 Å². The van der Waals surface area contributed by atoms with Crippen molar-refractivity contribution in [2.75, 3.05) is 13.2 Å². The number of benzene rings is 2. The van der Waals surface area contributed by atoms with Gasteiger partial charge in [-0.15, -0.1) is 0 Å². The van der Waals surface area contributed by atoms with Gasteiger partial charge in [-0.1, -0.05) is 42.5 Å². The third kappa shape index (κ3) is 5.50. The van der Waals surface area contributed by atoms with Gasteiger partial charge >= 0.3 is 12.1 Å². The van der Waals surface area contributed by atoms with Crippen LogP contribution in [0.15, 0.2) is 54.6 Å².